The second-order valence-corrected chi connectivity index (χ2v) is 12.8. The molecule has 10 heteroatoms. The lowest BCUT2D eigenvalue weighted by Gasteiger charge is -2.32. The van der Waals surface area contributed by atoms with Crippen LogP contribution in [0.4, 0.5) is 5.69 Å². The lowest BCUT2D eigenvalue weighted by molar-refractivity contribution is -0.139. The standard InChI is InChI=1S/C30H36ClN3O4S2/c1-6-22(3)32-30(36)23(4)33(19-24-8-7-9-25(31)18-24)29(35)20-34(26-12-10-21(2)11-13-26)40(37,38)28-16-14-27(39-5)15-17-28/h7-18,22-23H,6,19-20H2,1-5H3,(H,32,36). The summed E-state index contributed by atoms with van der Waals surface area (Å²) in [5.74, 6) is -0.834. The third kappa shape index (κ3) is 8.02. The number of anilines is 1. The van der Waals surface area contributed by atoms with E-state index in [2.05, 4.69) is 5.32 Å². The molecule has 0 fully saturated rings. The van der Waals surface area contributed by atoms with Crippen molar-refractivity contribution < 1.29 is 18.0 Å². The van der Waals surface area contributed by atoms with Gasteiger partial charge in [-0.25, -0.2) is 8.42 Å². The minimum Gasteiger partial charge on any atom is -0.352 e. The fourth-order valence-corrected chi connectivity index (χ4v) is 6.03. The number of sulfonamides is 1. The van der Waals surface area contributed by atoms with E-state index in [1.165, 1.54) is 16.7 Å². The Labute approximate surface area is 247 Å². The van der Waals surface area contributed by atoms with Gasteiger partial charge in [0.15, 0.2) is 0 Å². The molecule has 0 bridgehead atoms. The number of hydrogen-bond donors (Lipinski definition) is 1. The van der Waals surface area contributed by atoms with E-state index < -0.39 is 28.5 Å². The molecule has 1 N–H and O–H groups in total. The normalized spacial score (nSPS) is 12.8. The van der Waals surface area contributed by atoms with Crippen molar-refractivity contribution >= 4 is 50.9 Å². The first-order chi connectivity index (χ1) is 19.0. The van der Waals surface area contributed by atoms with Crippen LogP contribution in [0.25, 0.3) is 0 Å². The zero-order chi connectivity index (χ0) is 29.4. The van der Waals surface area contributed by atoms with E-state index in [9.17, 15) is 18.0 Å². The smallest absolute Gasteiger partial charge is 0.264 e. The van der Waals surface area contributed by atoms with Gasteiger partial charge in [-0.15, -0.1) is 11.8 Å². The van der Waals surface area contributed by atoms with Gasteiger partial charge in [-0.2, -0.15) is 0 Å². The molecule has 0 spiro atoms. The van der Waals surface area contributed by atoms with Crippen LogP contribution >= 0.6 is 23.4 Å². The number of amides is 2. The van der Waals surface area contributed by atoms with Gasteiger partial charge in [0.1, 0.15) is 12.6 Å². The molecule has 0 saturated heterocycles. The minimum absolute atomic E-state index is 0.0719. The van der Waals surface area contributed by atoms with Crippen molar-refractivity contribution in [1.82, 2.24) is 10.2 Å². The van der Waals surface area contributed by atoms with Crippen molar-refractivity contribution in [3.63, 3.8) is 0 Å². The summed E-state index contributed by atoms with van der Waals surface area (Å²) in [6, 6.07) is 19.6. The summed E-state index contributed by atoms with van der Waals surface area (Å²) in [4.78, 5) is 29.5. The number of rotatable bonds is 12. The first-order valence-corrected chi connectivity index (χ1v) is 16.1. The summed E-state index contributed by atoms with van der Waals surface area (Å²) >= 11 is 7.70. The van der Waals surface area contributed by atoms with Gasteiger partial charge < -0.3 is 10.2 Å². The Morgan fingerprint density at radius 2 is 1.65 bits per heavy atom. The van der Waals surface area contributed by atoms with Crippen LogP contribution in [0.15, 0.2) is 82.6 Å². The molecule has 3 aromatic rings. The van der Waals surface area contributed by atoms with Crippen LogP contribution < -0.4 is 9.62 Å². The molecule has 2 atom stereocenters. The first-order valence-electron chi connectivity index (χ1n) is 13.0. The van der Waals surface area contributed by atoms with E-state index >= 15 is 0 Å². The average molecular weight is 602 g/mol. The van der Waals surface area contributed by atoms with Crippen LogP contribution in [-0.2, 0) is 26.2 Å². The van der Waals surface area contributed by atoms with Crippen LogP contribution in [-0.4, -0.2) is 50.0 Å². The molecular formula is C30H36ClN3O4S2. The van der Waals surface area contributed by atoms with Gasteiger partial charge in [-0.05, 0) is 87.5 Å². The quantitative estimate of drug-likeness (QED) is 0.261. The van der Waals surface area contributed by atoms with Gasteiger partial charge in [0, 0.05) is 22.5 Å². The molecule has 0 aliphatic rings. The van der Waals surface area contributed by atoms with E-state index in [1.807, 2.05) is 33.1 Å². The molecular weight excluding hydrogens is 566 g/mol. The molecule has 0 radical (unpaired) electrons. The number of aryl methyl sites for hydroxylation is 1. The van der Waals surface area contributed by atoms with Crippen molar-refractivity contribution in [3.8, 4) is 0 Å². The number of halogens is 1. The molecule has 0 aliphatic carbocycles. The molecule has 2 amide bonds. The highest BCUT2D eigenvalue weighted by molar-refractivity contribution is 7.98. The van der Waals surface area contributed by atoms with Crippen LogP contribution in [0.2, 0.25) is 5.02 Å². The molecule has 0 aliphatic heterocycles. The molecule has 3 aromatic carbocycles. The van der Waals surface area contributed by atoms with Crippen molar-refractivity contribution in [2.24, 2.45) is 0 Å². The average Bonchev–Trinajstić information content (AvgIpc) is 2.94. The molecule has 214 valence electrons. The van der Waals surface area contributed by atoms with Crippen molar-refractivity contribution in [2.45, 2.75) is 62.5 Å². The van der Waals surface area contributed by atoms with Gasteiger partial charge in [0.2, 0.25) is 11.8 Å². The Morgan fingerprint density at radius 1 is 1.00 bits per heavy atom. The number of nitrogens with zero attached hydrogens (tertiary/aromatic N) is 2. The first kappa shape index (κ1) is 31.5. The molecule has 40 heavy (non-hydrogen) atoms. The molecule has 2 unspecified atom stereocenters. The van der Waals surface area contributed by atoms with Gasteiger partial charge in [-0.3, -0.25) is 13.9 Å². The number of nitrogens with one attached hydrogen (secondary N) is 1. The molecule has 0 saturated carbocycles. The van der Waals surface area contributed by atoms with Crippen LogP contribution in [0.1, 0.15) is 38.3 Å². The summed E-state index contributed by atoms with van der Waals surface area (Å²) in [6.45, 7) is 6.99. The Kier molecular flexibility index (Phi) is 11.1. The number of thioether (sulfide) groups is 1. The van der Waals surface area contributed by atoms with Crippen molar-refractivity contribution in [1.29, 1.82) is 0 Å². The summed E-state index contributed by atoms with van der Waals surface area (Å²) in [5, 5.41) is 3.43. The second-order valence-electron chi connectivity index (χ2n) is 9.67. The molecule has 0 aromatic heterocycles. The predicted octanol–water partition coefficient (Wildman–Crippen LogP) is 5.90. The molecule has 3 rings (SSSR count). The number of hydrogen-bond acceptors (Lipinski definition) is 5. The Hall–Kier alpha value is -3.01. The minimum atomic E-state index is -4.11. The predicted molar refractivity (Wildman–Crippen MR) is 163 cm³/mol. The third-order valence-corrected chi connectivity index (χ3v) is 9.43. The van der Waals surface area contributed by atoms with Gasteiger partial charge >= 0.3 is 0 Å². The SMILES string of the molecule is CCC(C)NC(=O)C(C)N(Cc1cccc(Cl)c1)C(=O)CN(c1ccc(C)cc1)S(=O)(=O)c1ccc(SC)cc1. The lowest BCUT2D eigenvalue weighted by atomic mass is 10.1. The van der Waals surface area contributed by atoms with Gasteiger partial charge in [0.05, 0.1) is 10.6 Å². The maximum absolute atomic E-state index is 14.0. The number of carbonyl (C=O) groups is 2. The summed E-state index contributed by atoms with van der Waals surface area (Å²) in [7, 11) is -4.11. The maximum Gasteiger partial charge on any atom is 0.264 e. The van der Waals surface area contributed by atoms with E-state index in [1.54, 1.807) is 73.7 Å². The Balaban J connectivity index is 2.02. The summed E-state index contributed by atoms with van der Waals surface area (Å²) in [5.41, 5.74) is 2.03. The second kappa shape index (κ2) is 14.1. The van der Waals surface area contributed by atoms with Crippen molar-refractivity contribution in [2.75, 3.05) is 17.1 Å². The lowest BCUT2D eigenvalue weighted by Crippen LogP contribution is -2.52. The van der Waals surface area contributed by atoms with E-state index in [0.29, 0.717) is 10.7 Å². The van der Waals surface area contributed by atoms with Gasteiger partial charge in [0.25, 0.3) is 10.0 Å². The van der Waals surface area contributed by atoms with E-state index in [0.717, 1.165) is 26.7 Å². The van der Waals surface area contributed by atoms with Crippen LogP contribution in [0, 0.1) is 6.92 Å². The Morgan fingerprint density at radius 3 is 2.23 bits per heavy atom. The van der Waals surface area contributed by atoms with Crippen molar-refractivity contribution in [3.05, 3.63) is 88.9 Å². The van der Waals surface area contributed by atoms with Crippen LogP contribution in [0.5, 0.6) is 0 Å². The summed E-state index contributed by atoms with van der Waals surface area (Å²) in [6.07, 6.45) is 2.64. The highest BCUT2D eigenvalue weighted by Gasteiger charge is 2.32. The van der Waals surface area contributed by atoms with Gasteiger partial charge in [-0.1, -0.05) is 48.4 Å². The highest BCUT2D eigenvalue weighted by Crippen LogP contribution is 2.26. The maximum atomic E-state index is 14.0. The molecule has 0 heterocycles. The monoisotopic (exact) mass is 601 g/mol. The molecule has 7 nitrogen and oxygen atoms in total. The summed E-state index contributed by atoms with van der Waals surface area (Å²) < 4.78 is 28.9. The van der Waals surface area contributed by atoms with E-state index in [-0.39, 0.29) is 23.4 Å². The zero-order valence-electron chi connectivity index (χ0n) is 23.4. The fourth-order valence-electron chi connectivity index (χ4n) is 3.99. The largest absolute Gasteiger partial charge is 0.352 e. The third-order valence-electron chi connectivity index (χ3n) is 6.66. The number of benzene rings is 3. The zero-order valence-corrected chi connectivity index (χ0v) is 25.8. The number of carbonyl (C=O) groups excluding carboxylic acids is 2. The fraction of sp³-hybridized carbons (Fsp3) is 0.333. The highest BCUT2D eigenvalue weighted by atomic mass is 35.5. The van der Waals surface area contributed by atoms with Crippen LogP contribution in [0.3, 0.4) is 0 Å². The topological polar surface area (TPSA) is 86.8 Å². The Bertz CT molecular complexity index is 1410. The van der Waals surface area contributed by atoms with E-state index in [4.69, 9.17) is 11.6 Å².